The van der Waals surface area contributed by atoms with E-state index in [9.17, 15) is 14.4 Å². The molecule has 7 nitrogen and oxygen atoms in total. The van der Waals surface area contributed by atoms with Crippen molar-refractivity contribution < 1.29 is 9.53 Å². The molecule has 0 N–H and O–H groups in total. The van der Waals surface area contributed by atoms with Gasteiger partial charge in [-0.05, 0) is 24.6 Å². The Morgan fingerprint density at radius 3 is 2.38 bits per heavy atom. The van der Waals surface area contributed by atoms with Gasteiger partial charge in [-0.2, -0.15) is 0 Å². The Labute approximate surface area is 149 Å². The molecule has 3 heterocycles. The van der Waals surface area contributed by atoms with Crippen LogP contribution < -0.4 is 16.0 Å². The zero-order valence-corrected chi connectivity index (χ0v) is 15.1. The number of pyridine rings is 1. The molecule has 1 aromatic carbocycles. The normalized spacial score (nSPS) is 16.6. The number of carbonyl (C=O) groups excluding carboxylic acids is 1. The number of carbonyl (C=O) groups is 1. The number of ether oxygens (including phenoxy) is 1. The maximum absolute atomic E-state index is 12.8. The van der Waals surface area contributed by atoms with Crippen LogP contribution >= 0.6 is 0 Å². The molecule has 1 aliphatic rings. The van der Waals surface area contributed by atoms with Crippen LogP contribution in [0, 0.1) is 6.92 Å². The molecule has 134 valence electrons. The van der Waals surface area contributed by atoms with Gasteiger partial charge in [0, 0.05) is 38.8 Å². The van der Waals surface area contributed by atoms with Crippen molar-refractivity contribution in [3.63, 3.8) is 0 Å². The summed E-state index contributed by atoms with van der Waals surface area (Å²) in [6.07, 6.45) is 0.0948. The van der Waals surface area contributed by atoms with Crippen LogP contribution in [0.4, 0.5) is 0 Å². The fourth-order valence-corrected chi connectivity index (χ4v) is 3.67. The molecule has 1 atom stereocenters. The van der Waals surface area contributed by atoms with E-state index in [0.717, 1.165) is 22.3 Å². The minimum atomic E-state index is -0.398. The van der Waals surface area contributed by atoms with Crippen LogP contribution in [0.25, 0.3) is 11.0 Å². The zero-order valence-electron chi connectivity index (χ0n) is 15.1. The molecule has 4 rings (SSSR count). The summed E-state index contributed by atoms with van der Waals surface area (Å²) >= 11 is 0. The molecule has 0 aliphatic carbocycles. The molecule has 0 saturated heterocycles. The Balaban J connectivity index is 1.98. The van der Waals surface area contributed by atoms with Gasteiger partial charge in [0.05, 0.1) is 23.0 Å². The summed E-state index contributed by atoms with van der Waals surface area (Å²) in [5.74, 6) is -0.434. The van der Waals surface area contributed by atoms with E-state index in [1.165, 1.54) is 0 Å². The zero-order chi connectivity index (χ0) is 18.7. The van der Waals surface area contributed by atoms with Crippen LogP contribution in [-0.2, 0) is 25.9 Å². The van der Waals surface area contributed by atoms with Gasteiger partial charge in [0.1, 0.15) is 5.75 Å². The van der Waals surface area contributed by atoms with Crippen molar-refractivity contribution in [1.82, 2.24) is 13.7 Å². The summed E-state index contributed by atoms with van der Waals surface area (Å²) < 4.78 is 10.0. The van der Waals surface area contributed by atoms with E-state index in [4.69, 9.17) is 4.74 Å². The van der Waals surface area contributed by atoms with E-state index >= 15 is 0 Å². The summed E-state index contributed by atoms with van der Waals surface area (Å²) in [5, 5.41) is 0. The van der Waals surface area contributed by atoms with Gasteiger partial charge < -0.3 is 9.30 Å². The lowest BCUT2D eigenvalue weighted by Gasteiger charge is -2.25. The van der Waals surface area contributed by atoms with Crippen LogP contribution in [0.2, 0.25) is 0 Å². The number of hydrogen-bond donors (Lipinski definition) is 0. The number of aromatic nitrogens is 3. The molecular formula is C19H19N3O4. The molecule has 0 radical (unpaired) electrons. The molecule has 0 bridgehead atoms. The van der Waals surface area contributed by atoms with Gasteiger partial charge >= 0.3 is 11.7 Å². The van der Waals surface area contributed by atoms with E-state index < -0.39 is 5.92 Å². The average molecular weight is 353 g/mol. The standard InChI is InChI=1S/C19H19N3O4/c1-10-7-15-17(18(24)20(10)2)12(9-16(23)26-15)11-5-6-13-14(8-11)22(4)19(25)21(13)3/h5-8,12H,9H2,1-4H3/t12-/m1/s1. The first-order chi connectivity index (χ1) is 12.3. The van der Waals surface area contributed by atoms with E-state index in [0.29, 0.717) is 11.3 Å². The maximum Gasteiger partial charge on any atom is 0.328 e. The van der Waals surface area contributed by atoms with Crippen LogP contribution in [0.1, 0.15) is 29.2 Å². The molecule has 3 aromatic rings. The lowest BCUT2D eigenvalue weighted by molar-refractivity contribution is -0.135. The van der Waals surface area contributed by atoms with Gasteiger partial charge in [-0.25, -0.2) is 4.79 Å². The summed E-state index contributed by atoms with van der Waals surface area (Å²) in [7, 11) is 5.13. The largest absolute Gasteiger partial charge is 0.426 e. The Morgan fingerprint density at radius 1 is 0.962 bits per heavy atom. The second kappa shape index (κ2) is 5.45. The number of hydrogen-bond acceptors (Lipinski definition) is 4. The highest BCUT2D eigenvalue weighted by molar-refractivity contribution is 5.80. The van der Waals surface area contributed by atoms with E-state index in [-0.39, 0.29) is 23.6 Å². The van der Waals surface area contributed by atoms with Gasteiger partial charge in [0.25, 0.3) is 5.56 Å². The SMILES string of the molecule is Cc1cc2c(c(=O)n1C)[C@@H](c1ccc3c(c1)n(C)c(=O)n3C)CC(=O)O2. The van der Waals surface area contributed by atoms with Gasteiger partial charge in [0.2, 0.25) is 0 Å². The predicted molar refractivity (Wildman–Crippen MR) is 96.7 cm³/mol. The van der Waals surface area contributed by atoms with Gasteiger partial charge in [0.15, 0.2) is 0 Å². The van der Waals surface area contributed by atoms with Crippen LogP contribution in [-0.4, -0.2) is 19.7 Å². The van der Waals surface area contributed by atoms with Crippen molar-refractivity contribution in [2.75, 3.05) is 0 Å². The van der Waals surface area contributed by atoms with Crippen LogP contribution in [0.15, 0.2) is 33.9 Å². The monoisotopic (exact) mass is 353 g/mol. The first-order valence-corrected chi connectivity index (χ1v) is 8.36. The van der Waals surface area contributed by atoms with E-state index in [2.05, 4.69) is 0 Å². The van der Waals surface area contributed by atoms with Gasteiger partial charge in [-0.3, -0.25) is 18.7 Å². The topological polar surface area (TPSA) is 75.2 Å². The number of benzene rings is 1. The Bertz CT molecular complexity index is 1200. The second-order valence-corrected chi connectivity index (χ2v) is 6.81. The van der Waals surface area contributed by atoms with E-state index in [1.807, 2.05) is 18.2 Å². The molecule has 7 heteroatoms. The molecule has 0 fully saturated rings. The quantitative estimate of drug-likeness (QED) is 0.619. The van der Waals surface area contributed by atoms with Crippen molar-refractivity contribution in [2.24, 2.45) is 21.1 Å². The lowest BCUT2D eigenvalue weighted by Crippen LogP contribution is -2.32. The number of imidazole rings is 1. The number of esters is 1. The highest BCUT2D eigenvalue weighted by atomic mass is 16.5. The van der Waals surface area contributed by atoms with Crippen molar-refractivity contribution >= 4 is 17.0 Å². The summed E-state index contributed by atoms with van der Waals surface area (Å²) in [5.41, 5.74) is 3.31. The molecule has 0 saturated carbocycles. The minimum absolute atomic E-state index is 0.0948. The highest BCUT2D eigenvalue weighted by Gasteiger charge is 2.32. The van der Waals surface area contributed by atoms with Crippen molar-refractivity contribution in [1.29, 1.82) is 0 Å². The van der Waals surface area contributed by atoms with Gasteiger partial charge in [-0.1, -0.05) is 6.07 Å². The van der Waals surface area contributed by atoms with Gasteiger partial charge in [-0.15, -0.1) is 0 Å². The molecule has 1 aliphatic heterocycles. The molecular weight excluding hydrogens is 334 g/mol. The van der Waals surface area contributed by atoms with Crippen molar-refractivity contribution in [2.45, 2.75) is 19.3 Å². The lowest BCUT2D eigenvalue weighted by atomic mass is 9.86. The molecule has 0 spiro atoms. The van der Waals surface area contributed by atoms with Crippen molar-refractivity contribution in [3.05, 3.63) is 61.9 Å². The molecule has 2 aromatic heterocycles. The number of fused-ring (bicyclic) bond motifs is 2. The summed E-state index contributed by atoms with van der Waals surface area (Å²) in [4.78, 5) is 37.1. The molecule has 26 heavy (non-hydrogen) atoms. The van der Waals surface area contributed by atoms with Crippen LogP contribution in [0.3, 0.4) is 0 Å². The Kier molecular flexibility index (Phi) is 3.44. The first kappa shape index (κ1) is 16.4. The number of nitrogens with zero attached hydrogens (tertiary/aromatic N) is 3. The summed E-state index contributed by atoms with van der Waals surface area (Å²) in [6, 6.07) is 7.32. The predicted octanol–water partition coefficient (Wildman–Crippen LogP) is 1.33. The smallest absolute Gasteiger partial charge is 0.328 e. The van der Waals surface area contributed by atoms with Crippen LogP contribution in [0.5, 0.6) is 5.75 Å². The Morgan fingerprint density at radius 2 is 1.65 bits per heavy atom. The number of aryl methyl sites for hydroxylation is 3. The fraction of sp³-hybridized carbons (Fsp3) is 0.316. The highest BCUT2D eigenvalue weighted by Crippen LogP contribution is 2.37. The summed E-state index contributed by atoms with van der Waals surface area (Å²) in [6.45, 7) is 1.80. The fourth-order valence-electron chi connectivity index (χ4n) is 3.67. The Hall–Kier alpha value is -3.09. The first-order valence-electron chi connectivity index (χ1n) is 8.36. The van der Waals surface area contributed by atoms with E-state index in [1.54, 1.807) is 47.8 Å². The molecule has 0 amide bonds. The number of rotatable bonds is 1. The molecule has 0 unspecified atom stereocenters. The third kappa shape index (κ3) is 2.16. The van der Waals surface area contributed by atoms with Crippen molar-refractivity contribution in [3.8, 4) is 5.75 Å². The minimum Gasteiger partial charge on any atom is -0.426 e. The third-order valence-electron chi connectivity index (χ3n) is 5.31. The second-order valence-electron chi connectivity index (χ2n) is 6.81. The average Bonchev–Trinajstić information content (AvgIpc) is 2.83. The maximum atomic E-state index is 12.8. The third-order valence-corrected chi connectivity index (χ3v) is 5.31.